The summed E-state index contributed by atoms with van der Waals surface area (Å²) in [7, 11) is -3.39. The summed E-state index contributed by atoms with van der Waals surface area (Å²) in [5.41, 5.74) is 1.04. The van der Waals surface area contributed by atoms with E-state index in [9.17, 15) is 8.42 Å². The van der Waals surface area contributed by atoms with Crippen LogP contribution in [0.4, 0.5) is 0 Å². The quantitative estimate of drug-likeness (QED) is 0.747. The van der Waals surface area contributed by atoms with Crippen molar-refractivity contribution in [3.05, 3.63) is 29.2 Å². The van der Waals surface area contributed by atoms with Gasteiger partial charge in [0, 0.05) is 30.1 Å². The second kappa shape index (κ2) is 6.60. The molecule has 0 atom stereocenters. The molecule has 1 aromatic heterocycles. The second-order valence-corrected chi connectivity index (χ2v) is 9.06. The average molecular weight is 329 g/mol. The maximum atomic E-state index is 12.8. The van der Waals surface area contributed by atoms with Gasteiger partial charge in [-0.1, -0.05) is 19.9 Å². The number of hydrogen-bond donors (Lipinski definition) is 1. The van der Waals surface area contributed by atoms with Crippen molar-refractivity contribution in [1.82, 2.24) is 9.62 Å². The molecule has 1 N–H and O–H groups in total. The van der Waals surface area contributed by atoms with Crippen molar-refractivity contribution in [1.29, 1.82) is 0 Å². The predicted octanol–water partition coefficient (Wildman–Crippen LogP) is 2.89. The SMILES string of the molecule is C=CCN(C1CC1)S(=O)(=O)c1cc(C)c(CNC(C)C)s1. The first kappa shape index (κ1) is 16.7. The summed E-state index contributed by atoms with van der Waals surface area (Å²) in [6.07, 6.45) is 3.58. The molecule has 0 aromatic carbocycles. The maximum Gasteiger partial charge on any atom is 0.253 e. The Morgan fingerprint density at radius 2 is 2.19 bits per heavy atom. The summed E-state index contributed by atoms with van der Waals surface area (Å²) in [5.74, 6) is 0. The molecular formula is C15H24N2O2S2. The van der Waals surface area contributed by atoms with E-state index in [4.69, 9.17) is 0 Å². The molecule has 0 aliphatic heterocycles. The Bertz CT molecular complexity index is 601. The van der Waals surface area contributed by atoms with Crippen LogP contribution in [0.15, 0.2) is 22.9 Å². The lowest BCUT2D eigenvalue weighted by molar-refractivity contribution is 0.437. The Balaban J connectivity index is 2.23. The van der Waals surface area contributed by atoms with Crippen LogP contribution in [-0.2, 0) is 16.6 Å². The highest BCUT2D eigenvalue weighted by molar-refractivity contribution is 7.91. The third-order valence-electron chi connectivity index (χ3n) is 3.50. The van der Waals surface area contributed by atoms with Gasteiger partial charge in [-0.2, -0.15) is 4.31 Å². The van der Waals surface area contributed by atoms with Crippen molar-refractivity contribution in [2.75, 3.05) is 6.54 Å². The first-order valence-electron chi connectivity index (χ1n) is 7.31. The molecule has 0 unspecified atom stereocenters. The van der Waals surface area contributed by atoms with Crippen LogP contribution in [-0.4, -0.2) is 31.4 Å². The van der Waals surface area contributed by atoms with Crippen LogP contribution in [0.1, 0.15) is 37.1 Å². The molecule has 0 radical (unpaired) electrons. The van der Waals surface area contributed by atoms with Gasteiger partial charge in [0.25, 0.3) is 10.0 Å². The highest BCUT2D eigenvalue weighted by Crippen LogP contribution is 2.35. The van der Waals surface area contributed by atoms with E-state index in [1.165, 1.54) is 11.3 Å². The largest absolute Gasteiger partial charge is 0.310 e. The zero-order chi connectivity index (χ0) is 15.6. The lowest BCUT2D eigenvalue weighted by Gasteiger charge is -2.18. The Kier molecular flexibility index (Phi) is 5.24. The smallest absolute Gasteiger partial charge is 0.253 e. The van der Waals surface area contributed by atoms with Crippen LogP contribution >= 0.6 is 11.3 Å². The van der Waals surface area contributed by atoms with Gasteiger partial charge in [0.1, 0.15) is 4.21 Å². The number of hydrogen-bond acceptors (Lipinski definition) is 4. The number of rotatable bonds is 8. The summed E-state index contributed by atoms with van der Waals surface area (Å²) >= 11 is 1.38. The molecule has 0 spiro atoms. The van der Waals surface area contributed by atoms with E-state index >= 15 is 0 Å². The van der Waals surface area contributed by atoms with Crippen molar-refractivity contribution in [2.45, 2.75) is 56.5 Å². The van der Waals surface area contributed by atoms with Crippen LogP contribution in [0.5, 0.6) is 0 Å². The molecule has 2 rings (SSSR count). The molecular weight excluding hydrogens is 304 g/mol. The summed E-state index contributed by atoms with van der Waals surface area (Å²) in [4.78, 5) is 1.09. The monoisotopic (exact) mass is 328 g/mol. The second-order valence-electron chi connectivity index (χ2n) is 5.80. The van der Waals surface area contributed by atoms with Gasteiger partial charge in [-0.15, -0.1) is 17.9 Å². The molecule has 1 fully saturated rings. The standard InChI is InChI=1S/C15H24N2O2S2/c1-5-8-17(13-6-7-13)21(18,19)15-9-12(4)14(20-15)10-16-11(2)3/h5,9,11,13,16H,1,6-8,10H2,2-4H3. The van der Waals surface area contributed by atoms with Crippen molar-refractivity contribution in [3.8, 4) is 0 Å². The summed E-state index contributed by atoms with van der Waals surface area (Å²) in [6.45, 7) is 10.9. The zero-order valence-electron chi connectivity index (χ0n) is 12.9. The Morgan fingerprint density at radius 3 is 2.71 bits per heavy atom. The first-order chi connectivity index (χ1) is 9.86. The van der Waals surface area contributed by atoms with Gasteiger partial charge < -0.3 is 5.32 Å². The summed E-state index contributed by atoms with van der Waals surface area (Å²) < 4.78 is 27.6. The topological polar surface area (TPSA) is 49.4 Å². The van der Waals surface area contributed by atoms with Crippen molar-refractivity contribution < 1.29 is 8.42 Å². The van der Waals surface area contributed by atoms with E-state index in [0.29, 0.717) is 23.3 Å². The normalized spacial score (nSPS) is 15.9. The Morgan fingerprint density at radius 1 is 1.52 bits per heavy atom. The number of nitrogens with zero attached hydrogens (tertiary/aromatic N) is 1. The fourth-order valence-corrected chi connectivity index (χ4v) is 5.46. The van der Waals surface area contributed by atoms with E-state index in [1.54, 1.807) is 16.4 Å². The molecule has 0 saturated heterocycles. The number of sulfonamides is 1. The van der Waals surface area contributed by atoms with Crippen LogP contribution < -0.4 is 5.32 Å². The predicted molar refractivity (Wildman–Crippen MR) is 88.1 cm³/mol. The first-order valence-corrected chi connectivity index (χ1v) is 9.57. The minimum atomic E-state index is -3.39. The van der Waals surface area contributed by atoms with Gasteiger partial charge in [-0.05, 0) is 31.4 Å². The highest BCUT2D eigenvalue weighted by atomic mass is 32.2. The molecule has 6 heteroatoms. The molecule has 118 valence electrons. The van der Waals surface area contributed by atoms with E-state index in [0.717, 1.165) is 23.3 Å². The summed E-state index contributed by atoms with van der Waals surface area (Å²) in [5, 5.41) is 3.34. The van der Waals surface area contributed by atoms with Gasteiger partial charge in [0.2, 0.25) is 0 Å². The minimum Gasteiger partial charge on any atom is -0.310 e. The Labute approximate surface area is 131 Å². The molecule has 21 heavy (non-hydrogen) atoms. The van der Waals surface area contributed by atoms with Crippen molar-refractivity contribution in [2.24, 2.45) is 0 Å². The number of nitrogens with one attached hydrogen (secondary N) is 1. The molecule has 1 heterocycles. The van der Waals surface area contributed by atoms with Crippen LogP contribution in [0.25, 0.3) is 0 Å². The summed E-state index contributed by atoms with van der Waals surface area (Å²) in [6, 6.07) is 2.35. The van der Waals surface area contributed by atoms with Crippen molar-refractivity contribution in [3.63, 3.8) is 0 Å². The van der Waals surface area contributed by atoms with Crippen LogP contribution in [0, 0.1) is 6.92 Å². The van der Waals surface area contributed by atoms with Gasteiger partial charge in [-0.3, -0.25) is 0 Å². The van der Waals surface area contributed by atoms with Gasteiger partial charge in [-0.25, -0.2) is 8.42 Å². The molecule has 4 nitrogen and oxygen atoms in total. The molecule has 1 aliphatic carbocycles. The molecule has 1 aromatic rings. The highest BCUT2D eigenvalue weighted by Gasteiger charge is 2.38. The van der Waals surface area contributed by atoms with Crippen LogP contribution in [0.3, 0.4) is 0 Å². The molecule has 1 saturated carbocycles. The van der Waals surface area contributed by atoms with Gasteiger partial charge in [0.15, 0.2) is 0 Å². The van der Waals surface area contributed by atoms with E-state index in [1.807, 2.05) is 6.92 Å². The fraction of sp³-hybridized carbons (Fsp3) is 0.600. The van der Waals surface area contributed by atoms with E-state index < -0.39 is 10.0 Å². The van der Waals surface area contributed by atoms with Gasteiger partial charge >= 0.3 is 0 Å². The van der Waals surface area contributed by atoms with Crippen LogP contribution in [0.2, 0.25) is 0 Å². The average Bonchev–Trinajstić information content (AvgIpc) is 3.16. The van der Waals surface area contributed by atoms with E-state index in [2.05, 4.69) is 25.7 Å². The van der Waals surface area contributed by atoms with Crippen molar-refractivity contribution >= 4 is 21.4 Å². The third-order valence-corrected chi connectivity index (χ3v) is 7.10. The molecule has 0 bridgehead atoms. The zero-order valence-corrected chi connectivity index (χ0v) is 14.6. The van der Waals surface area contributed by atoms with E-state index in [-0.39, 0.29) is 6.04 Å². The lowest BCUT2D eigenvalue weighted by atomic mass is 10.3. The molecule has 0 amide bonds. The number of thiophene rings is 1. The Hall–Kier alpha value is -0.690. The third kappa shape index (κ3) is 3.94. The minimum absolute atomic E-state index is 0.160. The van der Waals surface area contributed by atoms with Gasteiger partial charge in [0.05, 0.1) is 0 Å². The molecule has 1 aliphatic rings. The fourth-order valence-electron chi connectivity index (χ4n) is 2.14. The number of aryl methyl sites for hydroxylation is 1. The lowest BCUT2D eigenvalue weighted by Crippen LogP contribution is -2.32. The maximum absolute atomic E-state index is 12.8.